The van der Waals surface area contributed by atoms with E-state index in [4.69, 9.17) is 4.74 Å². The largest absolute Gasteiger partial charge is 0.384 e. The van der Waals surface area contributed by atoms with Crippen molar-refractivity contribution >= 4 is 30.3 Å². The van der Waals surface area contributed by atoms with Gasteiger partial charge in [0.2, 0.25) is 5.91 Å². The zero-order chi connectivity index (χ0) is 18.6. The number of rotatable bonds is 6. The van der Waals surface area contributed by atoms with Gasteiger partial charge in [-0.1, -0.05) is 19.3 Å². The Hall–Kier alpha value is -1.38. The zero-order valence-electron chi connectivity index (χ0n) is 16.0. The molecule has 8 nitrogen and oxygen atoms in total. The van der Waals surface area contributed by atoms with Gasteiger partial charge in [0.15, 0.2) is 0 Å². The first-order valence-corrected chi connectivity index (χ1v) is 9.61. The Morgan fingerprint density at radius 3 is 2.44 bits per heavy atom. The quantitative estimate of drug-likeness (QED) is 0.570. The number of hydrogen-bond acceptors (Lipinski definition) is 5. The molecule has 2 saturated heterocycles. The lowest BCUT2D eigenvalue weighted by Crippen LogP contribution is -2.50. The second-order valence-corrected chi connectivity index (χ2v) is 7.92. The third-order valence-corrected chi connectivity index (χ3v) is 6.03. The molecule has 0 radical (unpaired) electrons. The van der Waals surface area contributed by atoms with Crippen LogP contribution in [0.2, 0.25) is 0 Å². The Bertz CT molecular complexity index is 554. The summed E-state index contributed by atoms with van der Waals surface area (Å²) < 4.78 is 5.35. The van der Waals surface area contributed by atoms with E-state index in [2.05, 4.69) is 16.0 Å². The van der Waals surface area contributed by atoms with Gasteiger partial charge in [0.1, 0.15) is 12.1 Å². The number of urea groups is 1. The highest BCUT2D eigenvalue weighted by Crippen LogP contribution is 2.33. The van der Waals surface area contributed by atoms with Crippen molar-refractivity contribution in [1.82, 2.24) is 20.9 Å². The van der Waals surface area contributed by atoms with Gasteiger partial charge in [-0.05, 0) is 38.8 Å². The van der Waals surface area contributed by atoms with E-state index in [1.54, 1.807) is 7.11 Å². The lowest BCUT2D eigenvalue weighted by molar-refractivity contribution is -0.136. The molecule has 0 aromatic heterocycles. The van der Waals surface area contributed by atoms with Crippen LogP contribution in [-0.4, -0.2) is 68.2 Å². The minimum Gasteiger partial charge on any atom is -0.384 e. The van der Waals surface area contributed by atoms with Crippen molar-refractivity contribution in [3.05, 3.63) is 0 Å². The number of ether oxygens (including phenoxy) is 1. The summed E-state index contributed by atoms with van der Waals surface area (Å²) in [5, 5.41) is 9.07. The minimum atomic E-state index is -0.776. The molecule has 0 aromatic rings. The van der Waals surface area contributed by atoms with Crippen molar-refractivity contribution in [2.75, 3.05) is 39.9 Å². The molecule has 0 bridgehead atoms. The Morgan fingerprint density at radius 2 is 1.81 bits per heavy atom. The van der Waals surface area contributed by atoms with Gasteiger partial charge < -0.3 is 20.7 Å². The average molecular weight is 403 g/mol. The lowest BCUT2D eigenvalue weighted by Gasteiger charge is -2.37. The topological polar surface area (TPSA) is 99.8 Å². The number of carbonyl (C=O) groups is 3. The summed E-state index contributed by atoms with van der Waals surface area (Å²) in [4.78, 5) is 38.5. The second kappa shape index (κ2) is 9.21. The number of hydrogen-bond donors (Lipinski definition) is 3. The van der Waals surface area contributed by atoms with Crippen molar-refractivity contribution in [3.63, 3.8) is 0 Å². The number of amides is 4. The van der Waals surface area contributed by atoms with Crippen LogP contribution in [-0.2, 0) is 14.3 Å². The fraction of sp³-hybridized carbons (Fsp3) is 0.833. The molecule has 3 rings (SSSR count). The van der Waals surface area contributed by atoms with Crippen LogP contribution in [0.1, 0.15) is 44.9 Å². The van der Waals surface area contributed by atoms with Gasteiger partial charge in [-0.15, -0.1) is 12.4 Å². The van der Waals surface area contributed by atoms with Crippen LogP contribution in [0.4, 0.5) is 4.79 Å². The standard InChI is InChI=1S/C18H30N4O4.ClH/c1-26-13-17(7-9-19-10-8-17)12-20-14(23)11-22-15(24)18(21-16(22)25)5-3-2-4-6-18;/h19H,2-13H2,1H3,(H,20,23)(H,21,25);1H. The number of nitrogens with zero attached hydrogens (tertiary/aromatic N) is 1. The molecule has 0 unspecified atom stereocenters. The van der Waals surface area contributed by atoms with E-state index in [0.717, 1.165) is 50.1 Å². The number of piperidine rings is 1. The lowest BCUT2D eigenvalue weighted by atomic mass is 9.79. The summed E-state index contributed by atoms with van der Waals surface area (Å²) in [6, 6.07) is -0.444. The molecule has 3 N–H and O–H groups in total. The van der Waals surface area contributed by atoms with Crippen molar-refractivity contribution in [2.45, 2.75) is 50.5 Å². The van der Waals surface area contributed by atoms with Gasteiger partial charge in [0, 0.05) is 19.1 Å². The molecule has 3 aliphatic rings. The van der Waals surface area contributed by atoms with E-state index < -0.39 is 11.6 Å². The maximum absolute atomic E-state index is 12.7. The molecule has 1 saturated carbocycles. The Kier molecular flexibility index (Phi) is 7.47. The number of halogens is 1. The summed E-state index contributed by atoms with van der Waals surface area (Å²) in [5.74, 6) is -0.541. The number of methoxy groups -OCH3 is 1. The van der Waals surface area contributed by atoms with Gasteiger partial charge >= 0.3 is 6.03 Å². The molecular formula is C18H31ClN4O4. The smallest absolute Gasteiger partial charge is 0.325 e. The van der Waals surface area contributed by atoms with E-state index in [9.17, 15) is 14.4 Å². The molecule has 0 atom stereocenters. The highest BCUT2D eigenvalue weighted by molar-refractivity contribution is 6.09. The first-order chi connectivity index (χ1) is 12.5. The molecule has 154 valence electrons. The van der Waals surface area contributed by atoms with Gasteiger partial charge in [-0.3, -0.25) is 14.5 Å². The maximum atomic E-state index is 12.7. The van der Waals surface area contributed by atoms with Crippen molar-refractivity contribution in [1.29, 1.82) is 0 Å². The predicted octanol–water partition coefficient (Wildman–Crippen LogP) is 0.795. The van der Waals surface area contributed by atoms with E-state index in [1.807, 2.05) is 0 Å². The Morgan fingerprint density at radius 1 is 1.15 bits per heavy atom. The van der Waals surface area contributed by atoms with Crippen LogP contribution in [0.5, 0.6) is 0 Å². The summed E-state index contributed by atoms with van der Waals surface area (Å²) in [7, 11) is 1.67. The Labute approximate surface area is 166 Å². The molecule has 1 aliphatic carbocycles. The minimum absolute atomic E-state index is 0. The molecule has 27 heavy (non-hydrogen) atoms. The summed E-state index contributed by atoms with van der Waals surface area (Å²) >= 11 is 0. The third kappa shape index (κ3) is 4.73. The number of imide groups is 1. The molecule has 2 heterocycles. The van der Waals surface area contributed by atoms with Crippen LogP contribution >= 0.6 is 12.4 Å². The van der Waals surface area contributed by atoms with Crippen LogP contribution in [0, 0.1) is 5.41 Å². The second-order valence-electron chi connectivity index (χ2n) is 7.92. The molecule has 4 amide bonds. The predicted molar refractivity (Wildman–Crippen MR) is 103 cm³/mol. The van der Waals surface area contributed by atoms with E-state index in [-0.39, 0.29) is 36.2 Å². The van der Waals surface area contributed by atoms with Gasteiger partial charge in [-0.25, -0.2) is 4.79 Å². The summed E-state index contributed by atoms with van der Waals surface area (Å²) in [6.45, 7) is 2.66. The Balaban J connectivity index is 0.00000261. The molecule has 2 aliphatic heterocycles. The van der Waals surface area contributed by atoms with Crippen molar-refractivity contribution in [2.24, 2.45) is 5.41 Å². The first kappa shape index (κ1) is 21.9. The van der Waals surface area contributed by atoms with Gasteiger partial charge in [0.25, 0.3) is 5.91 Å². The van der Waals surface area contributed by atoms with E-state index in [1.165, 1.54) is 0 Å². The molecular weight excluding hydrogens is 372 g/mol. The monoisotopic (exact) mass is 402 g/mol. The third-order valence-electron chi connectivity index (χ3n) is 6.03. The van der Waals surface area contributed by atoms with Crippen LogP contribution < -0.4 is 16.0 Å². The highest BCUT2D eigenvalue weighted by Gasteiger charge is 2.51. The van der Waals surface area contributed by atoms with E-state index >= 15 is 0 Å². The van der Waals surface area contributed by atoms with Crippen LogP contribution in [0.15, 0.2) is 0 Å². The molecule has 0 aromatic carbocycles. The highest BCUT2D eigenvalue weighted by atomic mass is 35.5. The number of carbonyl (C=O) groups excluding carboxylic acids is 3. The van der Waals surface area contributed by atoms with Crippen LogP contribution in [0.25, 0.3) is 0 Å². The van der Waals surface area contributed by atoms with Gasteiger partial charge in [-0.2, -0.15) is 0 Å². The van der Waals surface area contributed by atoms with Crippen LogP contribution in [0.3, 0.4) is 0 Å². The summed E-state index contributed by atoms with van der Waals surface area (Å²) in [6.07, 6.45) is 6.13. The fourth-order valence-electron chi connectivity index (χ4n) is 4.44. The number of nitrogens with one attached hydrogen (secondary N) is 3. The molecule has 1 spiro atoms. The normalized spacial score (nSPS) is 23.7. The zero-order valence-corrected chi connectivity index (χ0v) is 16.8. The molecule has 3 fully saturated rings. The summed E-state index contributed by atoms with van der Waals surface area (Å²) in [5.41, 5.74) is -0.862. The van der Waals surface area contributed by atoms with E-state index in [0.29, 0.717) is 26.0 Å². The van der Waals surface area contributed by atoms with Crippen molar-refractivity contribution < 1.29 is 19.1 Å². The SMILES string of the molecule is COCC1(CNC(=O)CN2C(=O)NC3(CCCCC3)C2=O)CCNCC1.Cl. The molecule has 9 heteroatoms. The first-order valence-electron chi connectivity index (χ1n) is 9.61. The van der Waals surface area contributed by atoms with Gasteiger partial charge in [0.05, 0.1) is 6.61 Å². The van der Waals surface area contributed by atoms with Crippen molar-refractivity contribution in [3.8, 4) is 0 Å². The fourth-order valence-corrected chi connectivity index (χ4v) is 4.44. The maximum Gasteiger partial charge on any atom is 0.325 e. The average Bonchev–Trinajstić information content (AvgIpc) is 2.86.